The van der Waals surface area contributed by atoms with Gasteiger partial charge in [0.25, 0.3) is 21.9 Å². The highest BCUT2D eigenvalue weighted by atomic mass is 32.2. The second-order valence-corrected chi connectivity index (χ2v) is 6.66. The van der Waals surface area contributed by atoms with Crippen molar-refractivity contribution in [1.29, 1.82) is 0 Å². The molecule has 1 heterocycles. The Kier molecular flexibility index (Phi) is 3.82. The van der Waals surface area contributed by atoms with Gasteiger partial charge in [-0.3, -0.25) is 9.59 Å². The molecule has 10 heteroatoms. The van der Waals surface area contributed by atoms with Gasteiger partial charge >= 0.3 is 0 Å². The number of hydrogen-bond donors (Lipinski definition) is 2. The molecule has 21 heavy (non-hydrogen) atoms. The van der Waals surface area contributed by atoms with E-state index in [1.54, 1.807) is 0 Å². The molecule has 0 bridgehead atoms. The van der Waals surface area contributed by atoms with Crippen LogP contribution in [0.5, 0.6) is 0 Å². The van der Waals surface area contributed by atoms with Crippen molar-refractivity contribution in [2.24, 2.45) is 0 Å². The fourth-order valence-electron chi connectivity index (χ4n) is 1.61. The van der Waals surface area contributed by atoms with Crippen LogP contribution in [0, 0.1) is 5.21 Å². The van der Waals surface area contributed by atoms with Gasteiger partial charge in [0.2, 0.25) is 0 Å². The lowest BCUT2D eigenvalue weighted by Crippen LogP contribution is -2.99. The number of imide groups is 1. The Labute approximate surface area is 119 Å². The summed E-state index contributed by atoms with van der Waals surface area (Å²) in [7, 11) is -4.12. The predicted octanol–water partition coefficient (Wildman–Crippen LogP) is -0.644. The number of hydrogen-bond acceptors (Lipinski definition) is 7. The van der Waals surface area contributed by atoms with Crippen molar-refractivity contribution < 1.29 is 32.7 Å². The number of nitrogens with zero attached hydrogens (tertiary/aromatic N) is 1. The van der Waals surface area contributed by atoms with Crippen LogP contribution in [0.2, 0.25) is 0 Å². The third-order valence-corrected chi connectivity index (χ3v) is 4.36. The summed E-state index contributed by atoms with van der Waals surface area (Å²) in [4.78, 5) is 24.0. The summed E-state index contributed by atoms with van der Waals surface area (Å²) in [6, 6.07) is 3.29. The zero-order valence-electron chi connectivity index (χ0n) is 11.1. The first-order valence-electron chi connectivity index (χ1n) is 5.84. The van der Waals surface area contributed by atoms with Crippen molar-refractivity contribution >= 4 is 27.6 Å². The summed E-state index contributed by atoms with van der Waals surface area (Å²) in [6.45, 7) is 2.66. The topological polar surface area (TPSA) is 128 Å². The summed E-state index contributed by atoms with van der Waals surface area (Å²) in [5.74, 6) is -1.96. The number of hydroxylamine groups is 2. The van der Waals surface area contributed by atoms with Gasteiger partial charge in [-0.2, -0.15) is 13.6 Å². The molecule has 0 radical (unpaired) electrons. The van der Waals surface area contributed by atoms with Gasteiger partial charge in [0.15, 0.2) is 5.69 Å². The first kappa shape index (κ1) is 15.5. The van der Waals surface area contributed by atoms with E-state index in [2.05, 4.69) is 4.28 Å². The smallest absolute Gasteiger partial charge is 0.290 e. The molecule has 0 saturated carbocycles. The van der Waals surface area contributed by atoms with Crippen LogP contribution >= 0.6 is 0 Å². The van der Waals surface area contributed by atoms with Gasteiger partial charge in [-0.1, -0.05) is 0 Å². The molecule has 1 aromatic carbocycles. The van der Waals surface area contributed by atoms with Gasteiger partial charge in [0.05, 0.1) is 16.4 Å². The third-order valence-electron chi connectivity index (χ3n) is 2.85. The molecule has 2 amide bonds. The van der Waals surface area contributed by atoms with Gasteiger partial charge in [-0.15, -0.1) is 9.35 Å². The number of fused-ring (bicyclic) bond motifs is 1. The van der Waals surface area contributed by atoms with Crippen LogP contribution in [0.25, 0.3) is 0 Å². The molecular formula is C11H12N2O7S. The standard InChI is InChI=1S/C11H12N2O7S/c1-6(2)21(18,19)20-12-10(14)8-4-3-7(13(16)17)5-9(8)11(12)15/h3-6,13,16H,1-2H3. The fraction of sp³-hybridized carbons (Fsp3) is 0.273. The molecule has 0 saturated heterocycles. The van der Waals surface area contributed by atoms with E-state index >= 15 is 0 Å². The first-order chi connectivity index (χ1) is 9.65. The fourth-order valence-corrected chi connectivity index (χ4v) is 2.12. The number of amides is 2. The molecule has 2 N–H and O–H groups in total. The monoisotopic (exact) mass is 316 g/mol. The van der Waals surface area contributed by atoms with Crippen molar-refractivity contribution in [3.63, 3.8) is 0 Å². The van der Waals surface area contributed by atoms with Crippen molar-refractivity contribution in [3.8, 4) is 0 Å². The van der Waals surface area contributed by atoms with E-state index in [-0.39, 0.29) is 21.9 Å². The lowest BCUT2D eigenvalue weighted by Gasteiger charge is -2.14. The number of rotatable bonds is 4. The molecule has 1 aliphatic rings. The second-order valence-electron chi connectivity index (χ2n) is 4.59. The van der Waals surface area contributed by atoms with Crippen molar-refractivity contribution in [3.05, 3.63) is 34.5 Å². The van der Waals surface area contributed by atoms with E-state index in [9.17, 15) is 23.2 Å². The summed E-state index contributed by atoms with van der Waals surface area (Å²) in [5, 5.41) is 17.6. The van der Waals surface area contributed by atoms with Crippen LogP contribution in [0.15, 0.2) is 18.2 Å². The molecule has 1 aromatic rings. The second kappa shape index (κ2) is 5.16. The maximum Gasteiger partial charge on any atom is 0.290 e. The molecule has 0 aliphatic carbocycles. The summed E-state index contributed by atoms with van der Waals surface area (Å²) >= 11 is 0. The van der Waals surface area contributed by atoms with Gasteiger partial charge in [-0.05, 0) is 19.9 Å². The summed E-state index contributed by atoms with van der Waals surface area (Å²) in [6.07, 6.45) is 0. The van der Waals surface area contributed by atoms with Crippen LogP contribution in [0.1, 0.15) is 34.6 Å². The van der Waals surface area contributed by atoms with E-state index in [1.165, 1.54) is 13.8 Å². The maximum absolute atomic E-state index is 12.0. The lowest BCUT2D eigenvalue weighted by molar-refractivity contribution is -0.991. The minimum absolute atomic E-state index is 0.107. The maximum atomic E-state index is 12.0. The van der Waals surface area contributed by atoms with Gasteiger partial charge in [0.1, 0.15) is 0 Å². The Hall–Kier alpha value is -1.85. The number of benzene rings is 1. The molecule has 1 atom stereocenters. The van der Waals surface area contributed by atoms with Crippen molar-refractivity contribution in [1.82, 2.24) is 5.06 Å². The molecule has 0 aromatic heterocycles. The minimum atomic E-state index is -4.12. The van der Waals surface area contributed by atoms with E-state index in [0.29, 0.717) is 0 Å². The lowest BCUT2D eigenvalue weighted by atomic mass is 10.1. The van der Waals surface area contributed by atoms with Crippen molar-refractivity contribution in [2.75, 3.05) is 0 Å². The number of carbonyl (C=O) groups excluding carboxylic acids is 2. The van der Waals surface area contributed by atoms with Crippen molar-refractivity contribution in [2.45, 2.75) is 19.1 Å². The molecule has 114 valence electrons. The summed E-state index contributed by atoms with van der Waals surface area (Å²) < 4.78 is 27.8. The molecular weight excluding hydrogens is 304 g/mol. The predicted molar refractivity (Wildman–Crippen MR) is 67.9 cm³/mol. The SMILES string of the molecule is CC(C)S(=O)(=O)ON1C(=O)c2ccc([NH+]([O-])O)cc2C1=O. The highest BCUT2D eigenvalue weighted by molar-refractivity contribution is 7.87. The zero-order valence-corrected chi connectivity index (χ0v) is 11.9. The Balaban J connectivity index is 2.39. The van der Waals surface area contributed by atoms with Gasteiger partial charge in [0, 0.05) is 12.1 Å². The third kappa shape index (κ3) is 2.66. The Morgan fingerprint density at radius 1 is 1.24 bits per heavy atom. The van der Waals surface area contributed by atoms with Crippen LogP contribution in [0.3, 0.4) is 0 Å². The van der Waals surface area contributed by atoms with E-state index in [4.69, 9.17) is 5.21 Å². The molecule has 2 rings (SSSR count). The Morgan fingerprint density at radius 2 is 1.81 bits per heavy atom. The van der Waals surface area contributed by atoms with E-state index in [1.807, 2.05) is 0 Å². The number of quaternary nitrogens is 1. The Morgan fingerprint density at radius 3 is 2.33 bits per heavy atom. The van der Waals surface area contributed by atoms with Gasteiger partial charge in [-0.25, -0.2) is 5.21 Å². The van der Waals surface area contributed by atoms with E-state index < -0.39 is 32.4 Å². The highest BCUT2D eigenvalue weighted by Crippen LogP contribution is 2.26. The van der Waals surface area contributed by atoms with Gasteiger partial charge < -0.3 is 5.21 Å². The molecule has 0 spiro atoms. The molecule has 1 aliphatic heterocycles. The van der Waals surface area contributed by atoms with Crippen LogP contribution in [0.4, 0.5) is 5.69 Å². The first-order valence-corrected chi connectivity index (χ1v) is 7.32. The largest absolute Gasteiger partial charge is 0.595 e. The molecule has 0 fully saturated rings. The normalized spacial score (nSPS) is 16.5. The average Bonchev–Trinajstić information content (AvgIpc) is 2.63. The Bertz CT molecular complexity index is 711. The zero-order chi connectivity index (χ0) is 15.9. The summed E-state index contributed by atoms with van der Waals surface area (Å²) in [5.41, 5.74) is -0.508. The number of nitrogens with one attached hydrogen (secondary N) is 1. The number of carbonyl (C=O) groups is 2. The minimum Gasteiger partial charge on any atom is -0.595 e. The van der Waals surface area contributed by atoms with Crippen LogP contribution in [-0.2, 0) is 14.4 Å². The molecule has 1 unspecified atom stereocenters. The van der Waals surface area contributed by atoms with E-state index in [0.717, 1.165) is 18.2 Å². The molecule has 9 nitrogen and oxygen atoms in total. The quantitative estimate of drug-likeness (QED) is 0.558. The highest BCUT2D eigenvalue weighted by Gasteiger charge is 2.41. The van der Waals surface area contributed by atoms with Crippen LogP contribution < -0.4 is 5.23 Å². The van der Waals surface area contributed by atoms with Crippen LogP contribution in [-0.4, -0.2) is 35.8 Å². The average molecular weight is 316 g/mol.